The lowest BCUT2D eigenvalue weighted by Crippen LogP contribution is -2.25. The van der Waals surface area contributed by atoms with Gasteiger partial charge in [-0.05, 0) is 19.4 Å². The maximum Gasteiger partial charge on any atom is 0.185 e. The van der Waals surface area contributed by atoms with Crippen LogP contribution in [-0.4, -0.2) is 31.7 Å². The fourth-order valence-corrected chi connectivity index (χ4v) is 3.22. The highest BCUT2D eigenvalue weighted by atomic mass is 32.1. The van der Waals surface area contributed by atoms with E-state index < -0.39 is 0 Å². The molecule has 0 atom stereocenters. The average Bonchev–Trinajstić information content (AvgIpc) is 2.88. The minimum Gasteiger partial charge on any atom is -0.378 e. The van der Waals surface area contributed by atoms with Crippen molar-refractivity contribution in [2.24, 2.45) is 0 Å². The van der Waals surface area contributed by atoms with Crippen LogP contribution >= 0.6 is 11.3 Å². The van der Waals surface area contributed by atoms with Gasteiger partial charge in [0.2, 0.25) is 0 Å². The van der Waals surface area contributed by atoms with Crippen LogP contribution in [0, 0.1) is 0 Å². The molecule has 1 aromatic heterocycles. The van der Waals surface area contributed by atoms with E-state index in [0.29, 0.717) is 6.61 Å². The molecule has 0 fully saturated rings. The van der Waals surface area contributed by atoms with Gasteiger partial charge in [-0.25, -0.2) is 4.98 Å². The normalized spacial score (nSPS) is 11.0. The van der Waals surface area contributed by atoms with Gasteiger partial charge < -0.3 is 15.0 Å². The van der Waals surface area contributed by atoms with E-state index >= 15 is 0 Å². The standard InChI is InChI=1S/C16H31N3OS/c1-5-8-10-19(11-9-6-2)16-18-14(13-20-4)15(21-16)12-17-7-3/h17H,5-13H2,1-4H3. The van der Waals surface area contributed by atoms with Gasteiger partial charge in [-0.2, -0.15) is 0 Å². The van der Waals surface area contributed by atoms with E-state index in [-0.39, 0.29) is 0 Å². The molecule has 0 bridgehead atoms. The summed E-state index contributed by atoms with van der Waals surface area (Å²) in [6.45, 7) is 11.3. The molecule has 122 valence electrons. The molecule has 21 heavy (non-hydrogen) atoms. The Hall–Kier alpha value is -0.650. The molecule has 0 aliphatic carbocycles. The van der Waals surface area contributed by atoms with Crippen molar-refractivity contribution >= 4 is 16.5 Å². The molecule has 0 spiro atoms. The molecule has 1 rings (SSSR count). The van der Waals surface area contributed by atoms with Gasteiger partial charge in [0.05, 0.1) is 12.3 Å². The number of ether oxygens (including phenoxy) is 1. The molecule has 1 N–H and O–H groups in total. The Kier molecular flexibility index (Phi) is 9.63. The molecule has 0 unspecified atom stereocenters. The van der Waals surface area contributed by atoms with Crippen molar-refractivity contribution in [2.75, 3.05) is 31.6 Å². The first-order chi connectivity index (χ1) is 10.3. The predicted molar refractivity (Wildman–Crippen MR) is 92.2 cm³/mol. The second-order valence-electron chi connectivity index (χ2n) is 5.27. The monoisotopic (exact) mass is 313 g/mol. The summed E-state index contributed by atoms with van der Waals surface area (Å²) in [7, 11) is 1.74. The average molecular weight is 314 g/mol. The Morgan fingerprint density at radius 3 is 2.33 bits per heavy atom. The zero-order valence-corrected chi connectivity index (χ0v) is 14.9. The predicted octanol–water partition coefficient (Wildman–Crippen LogP) is 3.81. The van der Waals surface area contributed by atoms with Gasteiger partial charge >= 0.3 is 0 Å². The van der Waals surface area contributed by atoms with E-state index in [1.54, 1.807) is 7.11 Å². The van der Waals surface area contributed by atoms with E-state index in [4.69, 9.17) is 9.72 Å². The number of aromatic nitrogens is 1. The van der Waals surface area contributed by atoms with Crippen LogP contribution in [0.4, 0.5) is 5.13 Å². The van der Waals surface area contributed by atoms with Gasteiger partial charge in [0.1, 0.15) is 0 Å². The first kappa shape index (κ1) is 18.4. The number of hydrogen-bond acceptors (Lipinski definition) is 5. The Morgan fingerprint density at radius 1 is 1.14 bits per heavy atom. The van der Waals surface area contributed by atoms with E-state index in [9.17, 15) is 0 Å². The molecule has 0 aliphatic heterocycles. The maximum absolute atomic E-state index is 5.30. The fourth-order valence-electron chi connectivity index (χ4n) is 2.13. The SMILES string of the molecule is CCCCN(CCCC)c1nc(COC)c(CNCC)s1. The second kappa shape index (κ2) is 11.0. The topological polar surface area (TPSA) is 37.4 Å². The Morgan fingerprint density at radius 2 is 1.81 bits per heavy atom. The van der Waals surface area contributed by atoms with Crippen LogP contribution in [0.15, 0.2) is 0 Å². The van der Waals surface area contributed by atoms with Crippen molar-refractivity contribution in [3.05, 3.63) is 10.6 Å². The van der Waals surface area contributed by atoms with Crippen LogP contribution in [0.2, 0.25) is 0 Å². The van der Waals surface area contributed by atoms with Gasteiger partial charge in [0, 0.05) is 31.6 Å². The van der Waals surface area contributed by atoms with Crippen LogP contribution in [0.3, 0.4) is 0 Å². The summed E-state index contributed by atoms with van der Waals surface area (Å²) in [6.07, 6.45) is 4.91. The Bertz CT molecular complexity index is 374. The molecule has 0 radical (unpaired) electrons. The van der Waals surface area contributed by atoms with Crippen molar-refractivity contribution in [1.82, 2.24) is 10.3 Å². The molecule has 4 nitrogen and oxygen atoms in total. The van der Waals surface area contributed by atoms with Gasteiger partial charge in [0.15, 0.2) is 5.13 Å². The number of anilines is 1. The summed E-state index contributed by atoms with van der Waals surface area (Å²) in [6, 6.07) is 0. The molecular formula is C16H31N3OS. The lowest BCUT2D eigenvalue weighted by molar-refractivity contribution is 0.181. The molecule has 1 heterocycles. The van der Waals surface area contributed by atoms with Gasteiger partial charge in [-0.1, -0.05) is 33.6 Å². The first-order valence-corrected chi connectivity index (χ1v) is 9.01. The van der Waals surface area contributed by atoms with Crippen LogP contribution in [0.25, 0.3) is 0 Å². The van der Waals surface area contributed by atoms with Crippen molar-refractivity contribution in [2.45, 2.75) is 59.6 Å². The lowest BCUT2D eigenvalue weighted by Gasteiger charge is -2.21. The summed E-state index contributed by atoms with van der Waals surface area (Å²) in [5, 5.41) is 4.56. The molecule has 0 saturated heterocycles. The highest BCUT2D eigenvalue weighted by Gasteiger charge is 2.15. The Labute approximate surface area is 133 Å². The molecule has 0 saturated carbocycles. The van der Waals surface area contributed by atoms with Crippen molar-refractivity contribution in [3.8, 4) is 0 Å². The number of thiazole rings is 1. The fraction of sp³-hybridized carbons (Fsp3) is 0.812. The summed E-state index contributed by atoms with van der Waals surface area (Å²) in [5.41, 5.74) is 1.09. The highest BCUT2D eigenvalue weighted by Crippen LogP contribution is 2.27. The minimum atomic E-state index is 0.604. The minimum absolute atomic E-state index is 0.604. The summed E-state index contributed by atoms with van der Waals surface area (Å²) in [4.78, 5) is 8.60. The van der Waals surface area contributed by atoms with Crippen LogP contribution < -0.4 is 10.2 Å². The Balaban J connectivity index is 2.83. The third kappa shape index (κ3) is 6.32. The smallest absolute Gasteiger partial charge is 0.185 e. The zero-order valence-electron chi connectivity index (χ0n) is 14.1. The largest absolute Gasteiger partial charge is 0.378 e. The first-order valence-electron chi connectivity index (χ1n) is 8.19. The van der Waals surface area contributed by atoms with Crippen molar-refractivity contribution < 1.29 is 4.74 Å². The zero-order chi connectivity index (χ0) is 15.5. The van der Waals surface area contributed by atoms with Crippen molar-refractivity contribution in [3.63, 3.8) is 0 Å². The van der Waals surface area contributed by atoms with Crippen LogP contribution in [0.1, 0.15) is 57.0 Å². The van der Waals surface area contributed by atoms with Crippen LogP contribution in [0.5, 0.6) is 0 Å². The third-order valence-corrected chi connectivity index (χ3v) is 4.58. The number of hydrogen-bond donors (Lipinski definition) is 1. The number of rotatable bonds is 12. The number of methoxy groups -OCH3 is 1. The molecule has 0 aromatic carbocycles. The summed E-state index contributed by atoms with van der Waals surface area (Å²) in [5.74, 6) is 0. The lowest BCUT2D eigenvalue weighted by atomic mass is 10.3. The van der Waals surface area contributed by atoms with Crippen molar-refractivity contribution in [1.29, 1.82) is 0 Å². The molecule has 0 aliphatic rings. The van der Waals surface area contributed by atoms with E-state index in [2.05, 4.69) is 31.0 Å². The van der Waals surface area contributed by atoms with E-state index in [1.807, 2.05) is 11.3 Å². The number of nitrogens with zero attached hydrogens (tertiary/aromatic N) is 2. The third-order valence-electron chi connectivity index (χ3n) is 3.42. The number of nitrogens with one attached hydrogen (secondary N) is 1. The van der Waals surface area contributed by atoms with Gasteiger partial charge in [-0.3, -0.25) is 0 Å². The molecule has 0 amide bonds. The van der Waals surface area contributed by atoms with Gasteiger partial charge in [-0.15, -0.1) is 11.3 Å². The second-order valence-corrected chi connectivity index (χ2v) is 6.34. The maximum atomic E-state index is 5.30. The molecule has 1 aromatic rings. The summed E-state index contributed by atoms with van der Waals surface area (Å²) >= 11 is 1.82. The quantitative estimate of drug-likeness (QED) is 0.637. The van der Waals surface area contributed by atoms with E-state index in [0.717, 1.165) is 37.0 Å². The molecular weight excluding hydrogens is 282 g/mol. The highest BCUT2D eigenvalue weighted by molar-refractivity contribution is 7.15. The summed E-state index contributed by atoms with van der Waals surface area (Å²) < 4.78 is 5.30. The van der Waals surface area contributed by atoms with Gasteiger partial charge in [0.25, 0.3) is 0 Å². The van der Waals surface area contributed by atoms with E-state index in [1.165, 1.54) is 30.6 Å². The molecule has 5 heteroatoms. The number of unbranched alkanes of at least 4 members (excludes halogenated alkanes) is 2. The van der Waals surface area contributed by atoms with Crippen LogP contribution in [-0.2, 0) is 17.9 Å².